The van der Waals surface area contributed by atoms with Crippen LogP contribution in [0.4, 0.5) is 8.78 Å². The van der Waals surface area contributed by atoms with Crippen LogP contribution in [0.25, 0.3) is 0 Å². The van der Waals surface area contributed by atoms with E-state index in [2.05, 4.69) is 21.2 Å². The number of carbonyl (C=O) groups excluding carboxylic acids is 1. The Hall–Kier alpha value is -1.75. The molecule has 1 amide bonds. The van der Waals surface area contributed by atoms with Gasteiger partial charge in [0.15, 0.2) is 0 Å². The molecule has 1 unspecified atom stereocenters. The molecule has 0 aliphatic heterocycles. The predicted molar refractivity (Wildman–Crippen MR) is 81.4 cm³/mol. The van der Waals surface area contributed by atoms with Gasteiger partial charge in [0.05, 0.1) is 11.1 Å². The molecule has 0 saturated carbocycles. The summed E-state index contributed by atoms with van der Waals surface area (Å²) in [4.78, 5) is 12.2. The van der Waals surface area contributed by atoms with Crippen molar-refractivity contribution in [2.24, 2.45) is 0 Å². The van der Waals surface area contributed by atoms with Gasteiger partial charge < -0.3 is 5.32 Å². The number of carbonyl (C=O) groups is 1. The molecular weight excluding hydrogens is 340 g/mol. The molecular formula is C16H14BrF2NO. The Labute approximate surface area is 130 Å². The van der Waals surface area contributed by atoms with Crippen molar-refractivity contribution in [1.82, 2.24) is 5.32 Å². The van der Waals surface area contributed by atoms with Gasteiger partial charge in [0.1, 0.15) is 11.6 Å². The van der Waals surface area contributed by atoms with E-state index in [1.54, 1.807) is 0 Å². The highest BCUT2D eigenvalue weighted by molar-refractivity contribution is 9.09. The molecule has 0 saturated heterocycles. The lowest BCUT2D eigenvalue weighted by atomic mass is 9.94. The Kier molecular flexibility index (Phi) is 4.73. The number of hydrogen-bond acceptors (Lipinski definition) is 1. The lowest BCUT2D eigenvalue weighted by Crippen LogP contribution is -2.45. The second-order valence-corrected chi connectivity index (χ2v) is 5.47. The van der Waals surface area contributed by atoms with E-state index in [1.165, 1.54) is 0 Å². The summed E-state index contributed by atoms with van der Waals surface area (Å²) in [5, 5.41) is 3.24. The van der Waals surface area contributed by atoms with Crippen molar-refractivity contribution >= 4 is 21.8 Å². The molecule has 2 aromatic rings. The summed E-state index contributed by atoms with van der Waals surface area (Å²) in [5.41, 5.74) is 0.0105. The van der Waals surface area contributed by atoms with Crippen molar-refractivity contribution in [2.45, 2.75) is 12.5 Å². The molecule has 2 nitrogen and oxygen atoms in total. The summed E-state index contributed by atoms with van der Waals surface area (Å²) >= 11 is 3.37. The molecule has 110 valence electrons. The van der Waals surface area contributed by atoms with Crippen LogP contribution in [0.2, 0.25) is 0 Å². The second kappa shape index (κ2) is 6.35. The number of nitrogens with one attached hydrogen (secondary N) is 1. The van der Waals surface area contributed by atoms with Gasteiger partial charge in [0.25, 0.3) is 5.91 Å². The highest BCUT2D eigenvalue weighted by atomic mass is 79.9. The van der Waals surface area contributed by atoms with Crippen LogP contribution in [0.15, 0.2) is 48.5 Å². The zero-order valence-electron chi connectivity index (χ0n) is 11.4. The maximum absolute atomic E-state index is 13.7. The predicted octanol–water partition coefficient (Wildman–Crippen LogP) is 4.00. The number of halogens is 3. The van der Waals surface area contributed by atoms with Gasteiger partial charge in [0.2, 0.25) is 0 Å². The lowest BCUT2D eigenvalue weighted by Gasteiger charge is -2.29. The highest BCUT2D eigenvalue weighted by Gasteiger charge is 2.28. The van der Waals surface area contributed by atoms with E-state index in [0.717, 1.165) is 17.7 Å². The van der Waals surface area contributed by atoms with E-state index in [-0.39, 0.29) is 5.56 Å². The maximum Gasteiger partial charge on any atom is 0.254 e. The van der Waals surface area contributed by atoms with E-state index in [0.29, 0.717) is 11.4 Å². The molecule has 0 radical (unpaired) electrons. The quantitative estimate of drug-likeness (QED) is 0.826. The van der Waals surface area contributed by atoms with Crippen LogP contribution in [0.1, 0.15) is 22.8 Å². The number of alkyl halides is 1. The molecule has 21 heavy (non-hydrogen) atoms. The van der Waals surface area contributed by atoms with Gasteiger partial charge in [-0.2, -0.15) is 0 Å². The van der Waals surface area contributed by atoms with Crippen molar-refractivity contribution in [2.75, 3.05) is 5.33 Å². The number of benzene rings is 2. The minimum absolute atomic E-state index is 0.181. The smallest absolute Gasteiger partial charge is 0.254 e. The van der Waals surface area contributed by atoms with Gasteiger partial charge in [-0.3, -0.25) is 4.79 Å². The van der Waals surface area contributed by atoms with Crippen LogP contribution in [0.5, 0.6) is 0 Å². The van der Waals surface area contributed by atoms with Gasteiger partial charge in [0, 0.05) is 11.4 Å². The molecule has 0 heterocycles. The Bertz CT molecular complexity index is 648. The molecule has 0 fully saturated rings. The van der Waals surface area contributed by atoms with E-state index in [4.69, 9.17) is 0 Å². The van der Waals surface area contributed by atoms with E-state index in [9.17, 15) is 13.6 Å². The first-order chi connectivity index (χ1) is 9.96. The SMILES string of the molecule is CC(CBr)(NC(=O)c1ccc(F)cc1F)c1ccccc1. The summed E-state index contributed by atoms with van der Waals surface area (Å²) in [6.07, 6.45) is 0. The lowest BCUT2D eigenvalue weighted by molar-refractivity contribution is 0.0910. The molecule has 0 aliphatic rings. The summed E-state index contributed by atoms with van der Waals surface area (Å²) in [6, 6.07) is 12.3. The van der Waals surface area contributed by atoms with Crippen LogP contribution in [0, 0.1) is 11.6 Å². The van der Waals surface area contributed by atoms with Crippen LogP contribution in [-0.4, -0.2) is 11.2 Å². The number of rotatable bonds is 4. The van der Waals surface area contributed by atoms with Gasteiger partial charge in [-0.25, -0.2) is 8.78 Å². The summed E-state index contributed by atoms with van der Waals surface area (Å²) < 4.78 is 26.6. The van der Waals surface area contributed by atoms with Gasteiger partial charge in [-0.15, -0.1) is 0 Å². The van der Waals surface area contributed by atoms with Crippen molar-refractivity contribution < 1.29 is 13.6 Å². The van der Waals surface area contributed by atoms with Crippen LogP contribution in [-0.2, 0) is 5.54 Å². The molecule has 2 aromatic carbocycles. The van der Waals surface area contributed by atoms with E-state index in [1.807, 2.05) is 37.3 Å². The first-order valence-corrected chi connectivity index (χ1v) is 7.47. The monoisotopic (exact) mass is 353 g/mol. The van der Waals surface area contributed by atoms with Crippen LogP contribution < -0.4 is 5.32 Å². The van der Waals surface area contributed by atoms with Crippen molar-refractivity contribution in [3.8, 4) is 0 Å². The Morgan fingerprint density at radius 2 is 1.86 bits per heavy atom. The first-order valence-electron chi connectivity index (χ1n) is 6.35. The van der Waals surface area contributed by atoms with Crippen LogP contribution in [0.3, 0.4) is 0 Å². The van der Waals surface area contributed by atoms with Gasteiger partial charge in [-0.05, 0) is 24.6 Å². The fourth-order valence-electron chi connectivity index (χ4n) is 1.98. The molecule has 0 spiro atoms. The number of hydrogen-bond donors (Lipinski definition) is 1. The normalized spacial score (nSPS) is 13.5. The molecule has 0 bridgehead atoms. The third-order valence-corrected chi connectivity index (χ3v) is 4.36. The van der Waals surface area contributed by atoms with Gasteiger partial charge in [-0.1, -0.05) is 46.3 Å². The molecule has 0 aliphatic carbocycles. The Morgan fingerprint density at radius 1 is 1.19 bits per heavy atom. The summed E-state index contributed by atoms with van der Waals surface area (Å²) in [7, 11) is 0. The molecule has 2 rings (SSSR count). The largest absolute Gasteiger partial charge is 0.342 e. The molecule has 1 atom stereocenters. The van der Waals surface area contributed by atoms with Crippen LogP contribution >= 0.6 is 15.9 Å². The molecule has 1 N–H and O–H groups in total. The van der Waals surface area contributed by atoms with Crippen molar-refractivity contribution in [3.63, 3.8) is 0 Å². The topological polar surface area (TPSA) is 29.1 Å². The fourth-order valence-corrected chi connectivity index (χ4v) is 2.44. The molecule has 0 aromatic heterocycles. The fraction of sp³-hybridized carbons (Fsp3) is 0.188. The zero-order chi connectivity index (χ0) is 15.5. The average Bonchev–Trinajstić information content (AvgIpc) is 2.47. The zero-order valence-corrected chi connectivity index (χ0v) is 13.0. The first kappa shape index (κ1) is 15.6. The van der Waals surface area contributed by atoms with Gasteiger partial charge >= 0.3 is 0 Å². The maximum atomic E-state index is 13.7. The molecule has 5 heteroatoms. The summed E-state index contributed by atoms with van der Waals surface area (Å²) in [5.74, 6) is -2.17. The average molecular weight is 354 g/mol. The third kappa shape index (κ3) is 3.47. The highest BCUT2D eigenvalue weighted by Crippen LogP contribution is 2.24. The van der Waals surface area contributed by atoms with Crippen molar-refractivity contribution in [1.29, 1.82) is 0 Å². The van der Waals surface area contributed by atoms with E-state index >= 15 is 0 Å². The number of amides is 1. The Morgan fingerprint density at radius 3 is 2.43 bits per heavy atom. The standard InChI is InChI=1S/C16H14BrF2NO/c1-16(10-17,11-5-3-2-4-6-11)20-15(21)13-8-7-12(18)9-14(13)19/h2-9H,10H2,1H3,(H,20,21). The van der Waals surface area contributed by atoms with Crippen molar-refractivity contribution in [3.05, 3.63) is 71.3 Å². The minimum Gasteiger partial charge on any atom is -0.342 e. The summed E-state index contributed by atoms with van der Waals surface area (Å²) in [6.45, 7) is 1.83. The second-order valence-electron chi connectivity index (χ2n) is 4.91. The third-order valence-electron chi connectivity index (χ3n) is 3.24. The Balaban J connectivity index is 2.28. The minimum atomic E-state index is -0.877. The van der Waals surface area contributed by atoms with E-state index < -0.39 is 23.1 Å².